The van der Waals surface area contributed by atoms with Crippen LogP contribution in [0.25, 0.3) is 11.2 Å². The van der Waals surface area contributed by atoms with Gasteiger partial charge in [-0.15, -0.1) is 0 Å². The molecule has 4 heterocycles. The number of piperidine rings is 1. The second kappa shape index (κ2) is 8.61. The smallest absolute Gasteiger partial charge is 0.253 e. The number of hydrogen-bond donors (Lipinski definition) is 1. The molecular formula is C24H27N5O3. The van der Waals surface area contributed by atoms with Gasteiger partial charge in [-0.2, -0.15) is 0 Å². The van der Waals surface area contributed by atoms with Gasteiger partial charge in [0.25, 0.3) is 5.91 Å². The number of pyridine rings is 1. The Bertz CT molecular complexity index is 1100. The van der Waals surface area contributed by atoms with Crippen molar-refractivity contribution in [1.82, 2.24) is 24.8 Å². The predicted molar refractivity (Wildman–Crippen MR) is 119 cm³/mol. The molecule has 32 heavy (non-hydrogen) atoms. The van der Waals surface area contributed by atoms with Gasteiger partial charge in [0, 0.05) is 49.8 Å². The molecule has 0 radical (unpaired) electrons. The molecule has 166 valence electrons. The average Bonchev–Trinajstić information content (AvgIpc) is 3.50. The zero-order valence-corrected chi connectivity index (χ0v) is 18.2. The quantitative estimate of drug-likeness (QED) is 0.683. The van der Waals surface area contributed by atoms with E-state index in [0.29, 0.717) is 43.8 Å². The zero-order valence-electron chi connectivity index (χ0n) is 18.2. The first-order valence-electron chi connectivity index (χ1n) is 11.1. The lowest BCUT2D eigenvalue weighted by Crippen LogP contribution is -2.43. The van der Waals surface area contributed by atoms with Crippen LogP contribution in [-0.2, 0) is 4.79 Å². The SMILES string of the molecule is COc1cccc(C(=O)N2CCC(C(=O)N3CCC(c4nc5ncccc5[nH]4)C3)CC2)c1. The van der Waals surface area contributed by atoms with Crippen LogP contribution in [0.4, 0.5) is 0 Å². The maximum absolute atomic E-state index is 13.1. The van der Waals surface area contributed by atoms with Crippen molar-refractivity contribution in [2.24, 2.45) is 5.92 Å². The van der Waals surface area contributed by atoms with Crippen LogP contribution in [0.5, 0.6) is 5.75 Å². The summed E-state index contributed by atoms with van der Waals surface area (Å²) >= 11 is 0. The molecule has 2 amide bonds. The van der Waals surface area contributed by atoms with Gasteiger partial charge in [0.05, 0.1) is 12.6 Å². The van der Waals surface area contributed by atoms with Crippen LogP contribution in [0.3, 0.4) is 0 Å². The van der Waals surface area contributed by atoms with Crippen molar-refractivity contribution in [2.45, 2.75) is 25.2 Å². The molecule has 0 spiro atoms. The summed E-state index contributed by atoms with van der Waals surface area (Å²) in [6.45, 7) is 2.62. The van der Waals surface area contributed by atoms with Crippen LogP contribution in [0.1, 0.15) is 41.4 Å². The molecule has 8 heteroatoms. The number of ether oxygens (including phenoxy) is 1. The predicted octanol–water partition coefficient (Wildman–Crippen LogP) is 2.83. The van der Waals surface area contributed by atoms with Gasteiger partial charge in [-0.25, -0.2) is 9.97 Å². The maximum atomic E-state index is 13.1. The number of aromatic nitrogens is 3. The van der Waals surface area contributed by atoms with Crippen molar-refractivity contribution in [3.05, 3.63) is 54.0 Å². The third-order valence-corrected chi connectivity index (χ3v) is 6.61. The van der Waals surface area contributed by atoms with Crippen molar-refractivity contribution in [3.8, 4) is 5.75 Å². The molecule has 1 atom stereocenters. The molecule has 0 bridgehead atoms. The number of likely N-dealkylation sites (tertiary alicyclic amines) is 2. The van der Waals surface area contributed by atoms with Gasteiger partial charge in [0.1, 0.15) is 11.6 Å². The van der Waals surface area contributed by atoms with Crippen LogP contribution >= 0.6 is 0 Å². The van der Waals surface area contributed by atoms with Crippen molar-refractivity contribution in [2.75, 3.05) is 33.3 Å². The lowest BCUT2D eigenvalue weighted by Gasteiger charge is -2.33. The lowest BCUT2D eigenvalue weighted by molar-refractivity contribution is -0.135. The molecule has 2 aliphatic rings. The number of rotatable bonds is 4. The number of hydrogen-bond acceptors (Lipinski definition) is 5. The van der Waals surface area contributed by atoms with Crippen LogP contribution in [0, 0.1) is 5.92 Å². The fourth-order valence-corrected chi connectivity index (χ4v) is 4.77. The Hall–Kier alpha value is -3.42. The fourth-order valence-electron chi connectivity index (χ4n) is 4.77. The van der Waals surface area contributed by atoms with E-state index >= 15 is 0 Å². The molecule has 0 aliphatic carbocycles. The molecule has 1 aromatic carbocycles. The third-order valence-electron chi connectivity index (χ3n) is 6.61. The molecule has 2 aliphatic heterocycles. The summed E-state index contributed by atoms with van der Waals surface area (Å²) in [6, 6.07) is 11.1. The lowest BCUT2D eigenvalue weighted by atomic mass is 9.95. The number of benzene rings is 1. The van der Waals surface area contributed by atoms with E-state index in [2.05, 4.69) is 15.0 Å². The Morgan fingerprint density at radius 1 is 1.06 bits per heavy atom. The number of fused-ring (bicyclic) bond motifs is 1. The van der Waals surface area contributed by atoms with E-state index in [9.17, 15) is 9.59 Å². The third kappa shape index (κ3) is 3.92. The van der Waals surface area contributed by atoms with E-state index < -0.39 is 0 Å². The molecule has 2 aromatic heterocycles. The van der Waals surface area contributed by atoms with Crippen LogP contribution in [0.2, 0.25) is 0 Å². The molecule has 0 saturated carbocycles. The molecule has 3 aromatic rings. The number of nitrogens with zero attached hydrogens (tertiary/aromatic N) is 4. The van der Waals surface area contributed by atoms with E-state index in [1.165, 1.54) is 0 Å². The van der Waals surface area contributed by atoms with Gasteiger partial charge < -0.3 is 19.5 Å². The Labute approximate surface area is 186 Å². The Kier molecular flexibility index (Phi) is 5.51. The number of methoxy groups -OCH3 is 1. The molecule has 1 N–H and O–H groups in total. The van der Waals surface area contributed by atoms with Crippen LogP contribution < -0.4 is 4.74 Å². The fraction of sp³-hybridized carbons (Fsp3) is 0.417. The number of aromatic amines is 1. The van der Waals surface area contributed by atoms with Crippen molar-refractivity contribution in [1.29, 1.82) is 0 Å². The summed E-state index contributed by atoms with van der Waals surface area (Å²) in [5.41, 5.74) is 2.28. The van der Waals surface area contributed by atoms with Crippen LogP contribution in [-0.4, -0.2) is 69.9 Å². The minimum absolute atomic E-state index is 0.00506. The zero-order chi connectivity index (χ0) is 22.1. The summed E-state index contributed by atoms with van der Waals surface area (Å²) in [5.74, 6) is 1.96. The Balaban J connectivity index is 1.17. The number of nitrogens with one attached hydrogen (secondary N) is 1. The molecule has 5 rings (SSSR count). The average molecular weight is 434 g/mol. The van der Waals surface area contributed by atoms with E-state index in [-0.39, 0.29) is 23.7 Å². The van der Waals surface area contributed by atoms with Gasteiger partial charge in [-0.1, -0.05) is 6.07 Å². The minimum Gasteiger partial charge on any atom is -0.497 e. The molecule has 1 unspecified atom stereocenters. The highest BCUT2D eigenvalue weighted by molar-refractivity contribution is 5.94. The summed E-state index contributed by atoms with van der Waals surface area (Å²) in [4.78, 5) is 42.0. The van der Waals surface area contributed by atoms with Gasteiger partial charge in [0.2, 0.25) is 5.91 Å². The van der Waals surface area contributed by atoms with Gasteiger partial charge >= 0.3 is 0 Å². The van der Waals surface area contributed by atoms with Crippen molar-refractivity contribution < 1.29 is 14.3 Å². The number of H-pyrrole nitrogens is 1. The molecule has 2 fully saturated rings. The first-order chi connectivity index (χ1) is 15.6. The topological polar surface area (TPSA) is 91.4 Å². The monoisotopic (exact) mass is 433 g/mol. The van der Waals surface area contributed by atoms with Gasteiger partial charge in [0.15, 0.2) is 5.65 Å². The first kappa shape index (κ1) is 20.5. The highest BCUT2D eigenvalue weighted by Crippen LogP contribution is 2.30. The normalized spacial score (nSPS) is 19.5. The van der Waals surface area contributed by atoms with E-state index in [1.807, 2.05) is 34.1 Å². The first-order valence-corrected chi connectivity index (χ1v) is 11.1. The summed E-state index contributed by atoms with van der Waals surface area (Å²) < 4.78 is 5.22. The summed E-state index contributed by atoms with van der Waals surface area (Å²) in [6.07, 6.45) is 4.04. The van der Waals surface area contributed by atoms with Crippen LogP contribution in [0.15, 0.2) is 42.6 Å². The Morgan fingerprint density at radius 2 is 1.88 bits per heavy atom. The second-order valence-corrected chi connectivity index (χ2v) is 8.56. The maximum Gasteiger partial charge on any atom is 0.253 e. The highest BCUT2D eigenvalue weighted by Gasteiger charge is 2.35. The van der Waals surface area contributed by atoms with Crippen molar-refractivity contribution >= 4 is 23.0 Å². The minimum atomic E-state index is -0.0274. The Morgan fingerprint density at radius 3 is 2.66 bits per heavy atom. The van der Waals surface area contributed by atoms with E-state index in [1.54, 1.807) is 25.4 Å². The standard InChI is InChI=1S/C24H27N5O3/c1-32-19-5-2-4-17(14-19)24(31)28-11-7-16(8-12-28)23(30)29-13-9-18(15-29)21-26-20-6-3-10-25-22(20)27-21/h2-6,10,14,16,18H,7-9,11-13,15H2,1H3,(H,25,26,27). The summed E-state index contributed by atoms with van der Waals surface area (Å²) in [5, 5.41) is 0. The van der Waals surface area contributed by atoms with Gasteiger partial charge in [-0.3, -0.25) is 9.59 Å². The molecule has 2 saturated heterocycles. The van der Waals surface area contributed by atoms with Gasteiger partial charge in [-0.05, 0) is 49.6 Å². The number of carbonyl (C=O) groups excluding carboxylic acids is 2. The number of amides is 2. The molecule has 8 nitrogen and oxygen atoms in total. The summed E-state index contributed by atoms with van der Waals surface area (Å²) in [7, 11) is 1.59. The number of imidazole rings is 1. The van der Waals surface area contributed by atoms with E-state index in [0.717, 1.165) is 30.0 Å². The largest absolute Gasteiger partial charge is 0.497 e. The highest BCUT2D eigenvalue weighted by atomic mass is 16.5. The number of carbonyl (C=O) groups is 2. The van der Waals surface area contributed by atoms with E-state index in [4.69, 9.17) is 4.74 Å². The second-order valence-electron chi connectivity index (χ2n) is 8.56. The van der Waals surface area contributed by atoms with Crippen molar-refractivity contribution in [3.63, 3.8) is 0 Å². The molecular weight excluding hydrogens is 406 g/mol.